The van der Waals surface area contributed by atoms with Gasteiger partial charge in [0.2, 0.25) is 5.91 Å². The summed E-state index contributed by atoms with van der Waals surface area (Å²) >= 11 is 0. The van der Waals surface area contributed by atoms with Crippen LogP contribution in [-0.4, -0.2) is 54.2 Å². The number of benzene rings is 1. The van der Waals surface area contributed by atoms with Crippen LogP contribution in [0, 0.1) is 0 Å². The van der Waals surface area contributed by atoms with Crippen LogP contribution in [0.15, 0.2) is 36.7 Å². The summed E-state index contributed by atoms with van der Waals surface area (Å²) in [6, 6.07) is 7.14. The van der Waals surface area contributed by atoms with E-state index in [1.807, 2.05) is 24.3 Å². The third-order valence-corrected chi connectivity index (χ3v) is 6.25. The van der Waals surface area contributed by atoms with Crippen LogP contribution < -0.4 is 4.74 Å². The first kappa shape index (κ1) is 18.4. The summed E-state index contributed by atoms with van der Waals surface area (Å²) < 4.78 is 31.0. The van der Waals surface area contributed by atoms with Gasteiger partial charge >= 0.3 is 0 Å². The Bertz CT molecular complexity index is 891. The molecule has 1 aromatic carbocycles. The highest BCUT2D eigenvalue weighted by Crippen LogP contribution is 2.27. The van der Waals surface area contributed by atoms with Crippen molar-refractivity contribution in [2.75, 3.05) is 25.2 Å². The smallest absolute Gasteiger partial charge is 0.223 e. The van der Waals surface area contributed by atoms with Crippen molar-refractivity contribution >= 4 is 15.7 Å². The van der Waals surface area contributed by atoms with Gasteiger partial charge in [-0.3, -0.25) is 9.48 Å². The Labute approximate surface area is 153 Å². The van der Waals surface area contributed by atoms with Crippen LogP contribution in [0.4, 0.5) is 0 Å². The molecule has 0 N–H and O–H groups in total. The maximum absolute atomic E-state index is 12.8. The fourth-order valence-electron chi connectivity index (χ4n) is 3.22. The minimum Gasteiger partial charge on any atom is -0.497 e. The number of amides is 1. The topological polar surface area (TPSA) is 81.5 Å². The number of hydrogen-bond acceptors (Lipinski definition) is 5. The zero-order chi connectivity index (χ0) is 18.7. The molecule has 8 heteroatoms. The first-order valence-corrected chi connectivity index (χ1v) is 10.3. The summed E-state index contributed by atoms with van der Waals surface area (Å²) in [6.07, 6.45) is 4.31. The molecule has 0 saturated carbocycles. The van der Waals surface area contributed by atoms with E-state index in [2.05, 4.69) is 5.10 Å². The van der Waals surface area contributed by atoms with Crippen molar-refractivity contribution in [2.45, 2.75) is 18.9 Å². The van der Waals surface area contributed by atoms with E-state index in [-0.39, 0.29) is 24.0 Å². The summed E-state index contributed by atoms with van der Waals surface area (Å²) in [5.74, 6) is 0.668. The van der Waals surface area contributed by atoms with Crippen molar-refractivity contribution in [3.8, 4) is 5.75 Å². The number of aryl methyl sites for hydroxylation is 2. The fourth-order valence-corrected chi connectivity index (χ4v) is 4.71. The Kier molecular flexibility index (Phi) is 5.31. The Balaban J connectivity index is 1.73. The zero-order valence-corrected chi connectivity index (χ0v) is 15.8. The summed E-state index contributed by atoms with van der Waals surface area (Å²) in [5, 5.41) is 4.12. The molecular weight excluding hydrogens is 354 g/mol. The molecule has 3 rings (SSSR count). The van der Waals surface area contributed by atoms with Crippen molar-refractivity contribution in [3.05, 3.63) is 47.8 Å². The van der Waals surface area contributed by atoms with E-state index < -0.39 is 15.9 Å². The average molecular weight is 377 g/mol. The number of sulfone groups is 1. The zero-order valence-electron chi connectivity index (χ0n) is 15.0. The number of hydrogen-bond donors (Lipinski definition) is 0. The lowest BCUT2D eigenvalue weighted by atomic mass is 10.1. The third kappa shape index (κ3) is 4.24. The molecule has 0 aliphatic carbocycles. The molecule has 0 spiro atoms. The summed E-state index contributed by atoms with van der Waals surface area (Å²) in [4.78, 5) is 14.5. The van der Waals surface area contributed by atoms with E-state index in [4.69, 9.17) is 4.74 Å². The number of ether oxygens (including phenoxy) is 1. The SMILES string of the molecule is COc1cccc(CCC(=O)N2CCS(=O)(=O)C[C@H]2c2cnn(C)c2)c1. The predicted octanol–water partition coefficient (Wildman–Crippen LogP) is 1.36. The van der Waals surface area contributed by atoms with Crippen LogP contribution in [0.25, 0.3) is 0 Å². The highest BCUT2D eigenvalue weighted by molar-refractivity contribution is 7.91. The van der Waals surface area contributed by atoms with Crippen LogP contribution in [0.1, 0.15) is 23.6 Å². The van der Waals surface area contributed by atoms with Gasteiger partial charge in [-0.2, -0.15) is 5.10 Å². The van der Waals surface area contributed by atoms with Gasteiger partial charge in [-0.1, -0.05) is 12.1 Å². The molecule has 1 amide bonds. The largest absolute Gasteiger partial charge is 0.497 e. The minimum atomic E-state index is -3.16. The normalized spacial score (nSPS) is 19.3. The molecule has 1 saturated heterocycles. The predicted molar refractivity (Wildman–Crippen MR) is 97.6 cm³/mol. The van der Waals surface area contributed by atoms with E-state index in [1.165, 1.54) is 0 Å². The molecule has 1 atom stereocenters. The molecule has 2 heterocycles. The highest BCUT2D eigenvalue weighted by atomic mass is 32.2. The van der Waals surface area contributed by atoms with Gasteiger partial charge in [-0.05, 0) is 24.1 Å². The maximum Gasteiger partial charge on any atom is 0.223 e. The first-order valence-electron chi connectivity index (χ1n) is 8.49. The Morgan fingerprint density at radius 1 is 1.38 bits per heavy atom. The second-order valence-electron chi connectivity index (χ2n) is 6.52. The van der Waals surface area contributed by atoms with Gasteiger partial charge in [-0.25, -0.2) is 8.42 Å². The van der Waals surface area contributed by atoms with E-state index in [0.29, 0.717) is 12.8 Å². The van der Waals surface area contributed by atoms with Gasteiger partial charge in [0, 0.05) is 31.8 Å². The monoisotopic (exact) mass is 377 g/mol. The molecule has 26 heavy (non-hydrogen) atoms. The second kappa shape index (κ2) is 7.49. The van der Waals surface area contributed by atoms with Crippen molar-refractivity contribution < 1.29 is 17.9 Å². The molecule has 7 nitrogen and oxygen atoms in total. The van der Waals surface area contributed by atoms with Crippen LogP contribution >= 0.6 is 0 Å². The van der Waals surface area contributed by atoms with Crippen molar-refractivity contribution in [3.63, 3.8) is 0 Å². The maximum atomic E-state index is 12.8. The summed E-state index contributed by atoms with van der Waals surface area (Å²) in [7, 11) is 0.221. The number of nitrogens with zero attached hydrogens (tertiary/aromatic N) is 3. The number of methoxy groups -OCH3 is 1. The van der Waals surface area contributed by atoms with Crippen LogP contribution in [0.3, 0.4) is 0 Å². The third-order valence-electron chi connectivity index (χ3n) is 4.62. The van der Waals surface area contributed by atoms with Gasteiger partial charge in [0.15, 0.2) is 9.84 Å². The molecule has 1 aromatic heterocycles. The standard InChI is InChI=1S/C18H23N3O4S/c1-20-12-15(11-19-20)17-13-26(23,24)9-8-21(17)18(22)7-6-14-4-3-5-16(10-14)25-2/h3-5,10-12,17H,6-9,13H2,1-2H3/t17-/m0/s1. The van der Waals surface area contributed by atoms with Crippen molar-refractivity contribution in [2.24, 2.45) is 7.05 Å². The molecule has 1 aliphatic heterocycles. The van der Waals surface area contributed by atoms with Crippen LogP contribution in [0.5, 0.6) is 5.75 Å². The van der Waals surface area contributed by atoms with E-state index in [1.54, 1.807) is 36.1 Å². The molecule has 140 valence electrons. The van der Waals surface area contributed by atoms with Crippen LogP contribution in [0.2, 0.25) is 0 Å². The summed E-state index contributed by atoms with van der Waals surface area (Å²) in [6.45, 7) is 0.221. The number of aromatic nitrogens is 2. The van der Waals surface area contributed by atoms with Gasteiger partial charge in [0.25, 0.3) is 0 Å². The molecule has 2 aromatic rings. The van der Waals surface area contributed by atoms with Gasteiger partial charge in [0.05, 0.1) is 30.9 Å². The summed E-state index contributed by atoms with van der Waals surface area (Å²) in [5.41, 5.74) is 1.77. The minimum absolute atomic E-state index is 0.00859. The number of carbonyl (C=O) groups is 1. The van der Waals surface area contributed by atoms with E-state index in [9.17, 15) is 13.2 Å². The first-order chi connectivity index (χ1) is 12.4. The molecular formula is C18H23N3O4S. The Morgan fingerprint density at radius 3 is 2.88 bits per heavy atom. The number of rotatable bonds is 5. The lowest BCUT2D eigenvalue weighted by Crippen LogP contribution is -2.46. The number of carbonyl (C=O) groups excluding carboxylic acids is 1. The molecule has 0 bridgehead atoms. The van der Waals surface area contributed by atoms with Crippen molar-refractivity contribution in [1.29, 1.82) is 0 Å². The van der Waals surface area contributed by atoms with Gasteiger partial charge in [0.1, 0.15) is 5.75 Å². The second-order valence-corrected chi connectivity index (χ2v) is 8.74. The Morgan fingerprint density at radius 2 is 2.19 bits per heavy atom. The van der Waals surface area contributed by atoms with E-state index >= 15 is 0 Å². The highest BCUT2D eigenvalue weighted by Gasteiger charge is 2.35. The molecule has 0 unspecified atom stereocenters. The molecule has 0 radical (unpaired) electrons. The van der Waals surface area contributed by atoms with Gasteiger partial charge < -0.3 is 9.64 Å². The lowest BCUT2D eigenvalue weighted by Gasteiger charge is -2.35. The molecule has 1 fully saturated rings. The van der Waals surface area contributed by atoms with Crippen molar-refractivity contribution in [1.82, 2.24) is 14.7 Å². The van der Waals surface area contributed by atoms with E-state index in [0.717, 1.165) is 16.9 Å². The van der Waals surface area contributed by atoms with Gasteiger partial charge in [-0.15, -0.1) is 0 Å². The lowest BCUT2D eigenvalue weighted by molar-refractivity contribution is -0.133. The quantitative estimate of drug-likeness (QED) is 0.786. The fraction of sp³-hybridized carbons (Fsp3) is 0.444. The Hall–Kier alpha value is -2.35. The molecule has 1 aliphatic rings. The van der Waals surface area contributed by atoms with Crippen LogP contribution in [-0.2, 0) is 28.1 Å². The average Bonchev–Trinajstić information content (AvgIpc) is 3.05.